The molecule has 5 aromatic carbocycles. The van der Waals surface area contributed by atoms with Gasteiger partial charge in [-0.3, -0.25) is 8.99 Å². The summed E-state index contributed by atoms with van der Waals surface area (Å²) < 4.78 is 8.43. The van der Waals surface area contributed by atoms with E-state index < -0.39 is 0 Å². The number of furan rings is 1. The first kappa shape index (κ1) is 24.9. The van der Waals surface area contributed by atoms with Crippen LogP contribution < -0.4 is 0 Å². The monoisotopic (exact) mass is 529 g/mol. The number of hydrogen-bond acceptors (Lipinski definition) is 0. The van der Waals surface area contributed by atoms with Gasteiger partial charge in [-0.15, -0.1) is 18.2 Å². The topological polar surface area (TPSA) is 14.3 Å². The third-order valence-corrected chi connectivity index (χ3v) is 8.28. The number of aryl methyl sites for hydroxylation is 1. The molecule has 1 unspecified atom stereocenters. The summed E-state index contributed by atoms with van der Waals surface area (Å²) in [5.41, 5.74) is 11.5. The molecule has 0 amide bonds. The van der Waals surface area contributed by atoms with Crippen molar-refractivity contribution in [3.05, 3.63) is 162 Å². The Kier molecular flexibility index (Phi) is 6.17. The van der Waals surface area contributed by atoms with Crippen molar-refractivity contribution in [2.24, 2.45) is 0 Å². The molecule has 1 aromatic heterocycles. The van der Waals surface area contributed by atoms with Gasteiger partial charge < -0.3 is 0 Å². The van der Waals surface area contributed by atoms with Crippen LogP contribution in [-0.2, 0) is 0 Å². The van der Waals surface area contributed by atoms with Crippen molar-refractivity contribution >= 4 is 28.7 Å². The van der Waals surface area contributed by atoms with E-state index in [0.717, 1.165) is 44.7 Å². The molecule has 0 bridgehead atoms. The third kappa shape index (κ3) is 4.48. The van der Waals surface area contributed by atoms with Crippen LogP contribution >= 0.6 is 0 Å². The first-order valence-corrected chi connectivity index (χ1v) is 14.1. The normalized spacial score (nSPS) is 14.0. The maximum absolute atomic E-state index is 6.46. The van der Waals surface area contributed by atoms with Gasteiger partial charge in [-0.1, -0.05) is 115 Å². The highest BCUT2D eigenvalue weighted by Crippen LogP contribution is 2.39. The van der Waals surface area contributed by atoms with E-state index in [1.54, 1.807) is 0 Å². The van der Waals surface area contributed by atoms with Gasteiger partial charge in [-0.05, 0) is 68.8 Å². The second-order valence-electron chi connectivity index (χ2n) is 10.8. The Balaban J connectivity index is 1.30. The van der Waals surface area contributed by atoms with Crippen molar-refractivity contribution in [2.45, 2.75) is 19.8 Å². The summed E-state index contributed by atoms with van der Waals surface area (Å²) in [6, 6.07) is 41.9. The van der Waals surface area contributed by atoms with Crippen molar-refractivity contribution in [1.29, 1.82) is 0 Å². The molecule has 198 valence electrons. The number of allylic oxidation sites excluding steroid dienone is 2. The molecule has 0 fully saturated rings. The number of nitrogens with zero attached hydrogens (tertiary/aromatic N) is 1. The summed E-state index contributed by atoms with van der Waals surface area (Å²) in [6.07, 6.45) is 6.52. The highest BCUT2D eigenvalue weighted by molar-refractivity contribution is 6.07. The molecule has 6 aromatic rings. The molecule has 2 heterocycles. The molecule has 7 rings (SSSR count). The molecular formula is C39H31NO. The Hall–Kier alpha value is -5.08. The molecule has 0 spiro atoms. The van der Waals surface area contributed by atoms with Gasteiger partial charge in [0.15, 0.2) is 0 Å². The summed E-state index contributed by atoms with van der Waals surface area (Å²) in [4.78, 5) is 0. The third-order valence-electron chi connectivity index (χ3n) is 8.28. The van der Waals surface area contributed by atoms with Gasteiger partial charge in [-0.2, -0.15) is 0 Å². The molecule has 0 radical (unpaired) electrons. The molecule has 0 N–H and O–H groups in total. The predicted octanol–water partition coefficient (Wildman–Crippen LogP) is 10.1. The molecule has 41 heavy (non-hydrogen) atoms. The number of hydrogen-bond donors (Lipinski definition) is 0. The second-order valence-corrected chi connectivity index (χ2v) is 10.8. The Morgan fingerprint density at radius 3 is 2.22 bits per heavy atom. The highest BCUT2D eigenvalue weighted by atomic mass is 16.3. The average Bonchev–Trinajstić information content (AvgIpc) is 3.38. The molecule has 1 aliphatic heterocycles. The van der Waals surface area contributed by atoms with Crippen LogP contribution in [0, 0.1) is 13.0 Å². The van der Waals surface area contributed by atoms with Crippen LogP contribution in [0.5, 0.6) is 0 Å². The predicted molar refractivity (Wildman–Crippen MR) is 171 cm³/mol. The molecule has 2 heteroatoms. The molecule has 0 saturated heterocycles. The lowest BCUT2D eigenvalue weighted by molar-refractivity contribution is -0.418. The van der Waals surface area contributed by atoms with Gasteiger partial charge in [0.05, 0.1) is 6.72 Å². The van der Waals surface area contributed by atoms with Crippen LogP contribution in [0.15, 0.2) is 144 Å². The van der Waals surface area contributed by atoms with Crippen molar-refractivity contribution in [3.8, 4) is 22.3 Å². The van der Waals surface area contributed by atoms with Crippen LogP contribution in [0.4, 0.5) is 0 Å². The summed E-state index contributed by atoms with van der Waals surface area (Å²) in [7, 11) is 0. The Morgan fingerprint density at radius 2 is 1.46 bits per heavy atom. The fraction of sp³-hybridized carbons (Fsp3) is 0.0769. The SMILES string of the molecule is C=[N+]1C=CC(C(C)c2ccccc2)=C[C-]1c1cc2c(cc1C)[o+][c-]1cc(-c3ccccc3-c3ccccc3)ccc21. The molecule has 1 aliphatic rings. The number of benzene rings is 5. The molecular weight excluding hydrogens is 498 g/mol. The molecule has 0 aliphatic carbocycles. The van der Waals surface area contributed by atoms with Gasteiger partial charge in [0.25, 0.3) is 11.2 Å². The smallest absolute Gasteiger partial charge is 0.278 e. The van der Waals surface area contributed by atoms with Gasteiger partial charge in [-0.25, -0.2) is 0 Å². The van der Waals surface area contributed by atoms with Gasteiger partial charge in [0.2, 0.25) is 0 Å². The van der Waals surface area contributed by atoms with Crippen molar-refractivity contribution < 1.29 is 8.99 Å². The fourth-order valence-corrected chi connectivity index (χ4v) is 5.95. The Labute approximate surface area is 241 Å². The quantitative estimate of drug-likeness (QED) is 0.123. The minimum absolute atomic E-state index is 0.284. The van der Waals surface area contributed by atoms with Crippen molar-refractivity contribution in [2.75, 3.05) is 0 Å². The van der Waals surface area contributed by atoms with E-state index in [2.05, 4.69) is 154 Å². The van der Waals surface area contributed by atoms with Crippen LogP contribution in [-0.4, -0.2) is 11.3 Å². The molecule has 2 nitrogen and oxygen atoms in total. The minimum atomic E-state index is 0.284. The lowest BCUT2D eigenvalue weighted by Crippen LogP contribution is -2.17. The fourth-order valence-electron chi connectivity index (χ4n) is 5.95. The second kappa shape index (κ2) is 10.1. The Bertz CT molecular complexity index is 1980. The van der Waals surface area contributed by atoms with E-state index >= 15 is 0 Å². The van der Waals surface area contributed by atoms with Crippen LogP contribution in [0.2, 0.25) is 0 Å². The Morgan fingerprint density at radius 1 is 0.780 bits per heavy atom. The van der Waals surface area contributed by atoms with E-state index in [0.29, 0.717) is 0 Å². The zero-order valence-electron chi connectivity index (χ0n) is 23.3. The lowest BCUT2D eigenvalue weighted by Gasteiger charge is -2.25. The summed E-state index contributed by atoms with van der Waals surface area (Å²) in [5, 5.41) is 2.23. The van der Waals surface area contributed by atoms with Crippen LogP contribution in [0.3, 0.4) is 0 Å². The standard InChI is InChI=1S/C39H31NO/c1-26-22-38-36(25-35(26)37-23-30(20-21-40(37)3)27(2)28-12-6-4-7-13-28)34-19-18-31(24-39(34)41-38)33-17-11-10-16-32(33)29-14-8-5-9-15-29/h4-25,27H,3H2,1-2H3. The first-order chi connectivity index (χ1) is 20.1. The van der Waals surface area contributed by atoms with E-state index in [4.69, 9.17) is 4.42 Å². The van der Waals surface area contributed by atoms with Crippen LogP contribution in [0.1, 0.15) is 29.5 Å². The highest BCUT2D eigenvalue weighted by Gasteiger charge is 2.23. The van der Waals surface area contributed by atoms with Crippen molar-refractivity contribution in [3.63, 3.8) is 0 Å². The van der Waals surface area contributed by atoms with Crippen LogP contribution in [0.25, 0.3) is 44.2 Å². The minimum Gasteiger partial charge on any atom is -0.287 e. The zero-order valence-corrected chi connectivity index (χ0v) is 23.3. The summed E-state index contributed by atoms with van der Waals surface area (Å²) in [6.45, 7) is 8.72. The maximum Gasteiger partial charge on any atom is 0.278 e. The zero-order chi connectivity index (χ0) is 27.9. The number of rotatable bonds is 5. The largest absolute Gasteiger partial charge is 0.287 e. The van der Waals surface area contributed by atoms with E-state index in [-0.39, 0.29) is 5.92 Å². The van der Waals surface area contributed by atoms with Gasteiger partial charge in [0, 0.05) is 0 Å². The van der Waals surface area contributed by atoms with E-state index in [1.165, 1.54) is 27.8 Å². The summed E-state index contributed by atoms with van der Waals surface area (Å²) in [5.74, 6) is 0.284. The van der Waals surface area contributed by atoms with Crippen molar-refractivity contribution in [1.82, 2.24) is 0 Å². The van der Waals surface area contributed by atoms with E-state index in [1.807, 2.05) is 4.58 Å². The molecule has 0 saturated carbocycles. The average molecular weight is 530 g/mol. The summed E-state index contributed by atoms with van der Waals surface area (Å²) >= 11 is 0. The molecule has 1 atom stereocenters. The number of fused-ring (bicyclic) bond motifs is 3. The lowest BCUT2D eigenvalue weighted by atomic mass is 9.87. The van der Waals surface area contributed by atoms with Gasteiger partial charge >= 0.3 is 0 Å². The maximum atomic E-state index is 6.46. The van der Waals surface area contributed by atoms with Gasteiger partial charge in [0.1, 0.15) is 12.2 Å². The van der Waals surface area contributed by atoms with E-state index in [9.17, 15) is 0 Å². The first-order valence-electron chi connectivity index (χ1n) is 14.1.